The van der Waals surface area contributed by atoms with Crippen LogP contribution >= 0.6 is 23.2 Å². The Labute approximate surface area is 166 Å². The van der Waals surface area contributed by atoms with E-state index in [0.717, 1.165) is 16.7 Å². The molecule has 3 aromatic rings. The Kier molecular flexibility index (Phi) is 5.07. The Morgan fingerprint density at radius 2 is 1.78 bits per heavy atom. The Bertz CT molecular complexity index is 953. The van der Waals surface area contributed by atoms with E-state index < -0.39 is 5.92 Å². The SMILES string of the molecule is O=C1NN(Cc2cccnc2)C(c2ccncc2)C1c1ccc(Cl)c(Cl)c1. The van der Waals surface area contributed by atoms with Gasteiger partial charge in [-0.1, -0.05) is 35.3 Å². The number of hydrogen-bond acceptors (Lipinski definition) is 4. The van der Waals surface area contributed by atoms with Crippen molar-refractivity contribution in [3.8, 4) is 0 Å². The van der Waals surface area contributed by atoms with Crippen LogP contribution < -0.4 is 5.43 Å². The van der Waals surface area contributed by atoms with E-state index in [-0.39, 0.29) is 11.9 Å². The summed E-state index contributed by atoms with van der Waals surface area (Å²) in [5, 5.41) is 2.83. The molecule has 1 aliphatic rings. The van der Waals surface area contributed by atoms with Gasteiger partial charge in [-0.25, -0.2) is 5.01 Å². The van der Waals surface area contributed by atoms with Gasteiger partial charge in [0.05, 0.1) is 22.0 Å². The second-order valence-corrected chi connectivity index (χ2v) is 7.16. The minimum atomic E-state index is -0.418. The van der Waals surface area contributed by atoms with E-state index in [1.165, 1.54) is 0 Å². The number of carbonyl (C=O) groups is 1. The number of amides is 1. The van der Waals surface area contributed by atoms with Crippen molar-refractivity contribution in [3.05, 3.63) is 94.0 Å². The molecule has 5 nitrogen and oxygen atoms in total. The molecule has 1 aromatic carbocycles. The lowest BCUT2D eigenvalue weighted by Gasteiger charge is -2.26. The predicted octanol–water partition coefficient (Wildman–Crippen LogP) is 4.16. The van der Waals surface area contributed by atoms with Crippen LogP contribution in [0.15, 0.2) is 67.3 Å². The molecule has 1 saturated heterocycles. The standard InChI is InChI=1S/C20H16Cl2N4O/c21-16-4-3-15(10-17(16)22)18-19(14-5-8-23-9-6-14)26(25-20(18)27)12-13-2-1-7-24-11-13/h1-11,18-19H,12H2,(H,25,27). The third-order valence-electron chi connectivity index (χ3n) is 4.61. The summed E-state index contributed by atoms with van der Waals surface area (Å²) in [6, 6.07) is 12.8. The quantitative estimate of drug-likeness (QED) is 0.716. The van der Waals surface area contributed by atoms with Crippen molar-refractivity contribution in [2.75, 3.05) is 0 Å². The van der Waals surface area contributed by atoms with Crippen LogP contribution in [0.25, 0.3) is 0 Å². The lowest BCUT2D eigenvalue weighted by molar-refractivity contribution is -0.122. The molecule has 1 N–H and O–H groups in total. The third kappa shape index (κ3) is 3.67. The van der Waals surface area contributed by atoms with Crippen LogP contribution in [-0.2, 0) is 11.3 Å². The van der Waals surface area contributed by atoms with E-state index in [0.29, 0.717) is 16.6 Å². The summed E-state index contributed by atoms with van der Waals surface area (Å²) >= 11 is 12.3. The first-order valence-electron chi connectivity index (χ1n) is 8.44. The van der Waals surface area contributed by atoms with Crippen LogP contribution in [0.3, 0.4) is 0 Å². The molecule has 0 radical (unpaired) electrons. The van der Waals surface area contributed by atoms with Crippen LogP contribution in [0.2, 0.25) is 10.0 Å². The first-order chi connectivity index (χ1) is 13.1. The number of benzene rings is 1. The van der Waals surface area contributed by atoms with Crippen molar-refractivity contribution in [1.29, 1.82) is 0 Å². The molecule has 0 saturated carbocycles. The van der Waals surface area contributed by atoms with Crippen molar-refractivity contribution in [2.24, 2.45) is 0 Å². The zero-order chi connectivity index (χ0) is 18.8. The highest BCUT2D eigenvalue weighted by molar-refractivity contribution is 6.42. The molecule has 2 aromatic heterocycles. The number of aromatic nitrogens is 2. The number of carbonyl (C=O) groups excluding carboxylic acids is 1. The second-order valence-electron chi connectivity index (χ2n) is 6.34. The van der Waals surface area contributed by atoms with E-state index in [4.69, 9.17) is 23.2 Å². The number of hydrazine groups is 1. The summed E-state index contributed by atoms with van der Waals surface area (Å²) in [4.78, 5) is 21.2. The molecule has 27 heavy (non-hydrogen) atoms. The highest BCUT2D eigenvalue weighted by atomic mass is 35.5. The van der Waals surface area contributed by atoms with E-state index in [2.05, 4.69) is 15.4 Å². The Morgan fingerprint density at radius 1 is 0.963 bits per heavy atom. The lowest BCUT2D eigenvalue weighted by Crippen LogP contribution is -2.34. The Balaban J connectivity index is 1.75. The van der Waals surface area contributed by atoms with Gasteiger partial charge in [0.15, 0.2) is 0 Å². The minimum absolute atomic E-state index is 0.0842. The molecule has 2 unspecified atom stereocenters. The maximum Gasteiger partial charge on any atom is 0.243 e. The zero-order valence-electron chi connectivity index (χ0n) is 14.2. The van der Waals surface area contributed by atoms with Crippen molar-refractivity contribution in [1.82, 2.24) is 20.4 Å². The first-order valence-corrected chi connectivity index (χ1v) is 9.20. The second kappa shape index (κ2) is 7.64. The van der Waals surface area contributed by atoms with Gasteiger partial charge in [0.1, 0.15) is 0 Å². The highest BCUT2D eigenvalue weighted by Crippen LogP contribution is 2.41. The van der Waals surface area contributed by atoms with Crippen LogP contribution in [0.5, 0.6) is 0 Å². The summed E-state index contributed by atoms with van der Waals surface area (Å²) in [5.74, 6) is -0.502. The van der Waals surface area contributed by atoms with Gasteiger partial charge in [0.25, 0.3) is 0 Å². The van der Waals surface area contributed by atoms with Gasteiger partial charge in [0, 0.05) is 31.3 Å². The van der Waals surface area contributed by atoms with Gasteiger partial charge in [-0.05, 0) is 47.0 Å². The largest absolute Gasteiger partial charge is 0.287 e. The summed E-state index contributed by atoms with van der Waals surface area (Å²) < 4.78 is 0. The van der Waals surface area contributed by atoms with Crippen LogP contribution in [-0.4, -0.2) is 20.9 Å². The lowest BCUT2D eigenvalue weighted by atomic mass is 9.88. The fraction of sp³-hybridized carbons (Fsp3) is 0.150. The molecule has 0 spiro atoms. The number of nitrogens with one attached hydrogen (secondary N) is 1. The molecule has 136 valence electrons. The molecule has 1 fully saturated rings. The highest BCUT2D eigenvalue weighted by Gasteiger charge is 2.42. The smallest absolute Gasteiger partial charge is 0.243 e. The van der Waals surface area contributed by atoms with Crippen molar-refractivity contribution < 1.29 is 4.79 Å². The molecular weight excluding hydrogens is 383 g/mol. The van der Waals surface area contributed by atoms with Gasteiger partial charge in [0.2, 0.25) is 5.91 Å². The van der Waals surface area contributed by atoms with Gasteiger partial charge >= 0.3 is 0 Å². The first kappa shape index (κ1) is 17.9. The zero-order valence-corrected chi connectivity index (χ0v) is 15.7. The maximum atomic E-state index is 12.9. The predicted molar refractivity (Wildman–Crippen MR) is 104 cm³/mol. The summed E-state index contributed by atoms with van der Waals surface area (Å²) in [5.41, 5.74) is 5.82. The summed E-state index contributed by atoms with van der Waals surface area (Å²) in [6.07, 6.45) is 6.98. The third-order valence-corrected chi connectivity index (χ3v) is 5.35. The van der Waals surface area contributed by atoms with Crippen LogP contribution in [0.1, 0.15) is 28.7 Å². The van der Waals surface area contributed by atoms with Gasteiger partial charge in [-0.3, -0.25) is 20.2 Å². The monoisotopic (exact) mass is 398 g/mol. The van der Waals surface area contributed by atoms with E-state index in [1.54, 1.807) is 36.9 Å². The number of pyridine rings is 2. The Morgan fingerprint density at radius 3 is 2.48 bits per heavy atom. The molecule has 1 aliphatic heterocycles. The fourth-order valence-corrected chi connectivity index (χ4v) is 3.71. The van der Waals surface area contributed by atoms with Crippen molar-refractivity contribution >= 4 is 29.1 Å². The normalized spacial score (nSPS) is 19.9. The summed E-state index contributed by atoms with van der Waals surface area (Å²) in [6.45, 7) is 0.532. The summed E-state index contributed by atoms with van der Waals surface area (Å²) in [7, 11) is 0. The van der Waals surface area contributed by atoms with E-state index in [1.807, 2.05) is 35.3 Å². The fourth-order valence-electron chi connectivity index (χ4n) is 3.40. The van der Waals surface area contributed by atoms with Gasteiger partial charge in [-0.15, -0.1) is 0 Å². The van der Waals surface area contributed by atoms with E-state index in [9.17, 15) is 4.79 Å². The van der Waals surface area contributed by atoms with Gasteiger partial charge < -0.3 is 0 Å². The molecular formula is C20H16Cl2N4O. The number of rotatable bonds is 4. The molecule has 0 bridgehead atoms. The van der Waals surface area contributed by atoms with Crippen LogP contribution in [0, 0.1) is 0 Å². The topological polar surface area (TPSA) is 58.1 Å². The van der Waals surface area contributed by atoms with Crippen molar-refractivity contribution in [2.45, 2.75) is 18.5 Å². The van der Waals surface area contributed by atoms with Crippen LogP contribution in [0.4, 0.5) is 0 Å². The number of hydrogen-bond donors (Lipinski definition) is 1. The number of halogens is 2. The van der Waals surface area contributed by atoms with E-state index >= 15 is 0 Å². The average Bonchev–Trinajstić information content (AvgIpc) is 3.01. The Hall–Kier alpha value is -2.47. The van der Waals surface area contributed by atoms with Crippen molar-refractivity contribution in [3.63, 3.8) is 0 Å². The molecule has 0 aliphatic carbocycles. The molecule has 2 atom stereocenters. The van der Waals surface area contributed by atoms with Gasteiger partial charge in [-0.2, -0.15) is 0 Å². The molecule has 7 heteroatoms. The number of nitrogens with zero attached hydrogens (tertiary/aromatic N) is 3. The molecule has 3 heterocycles. The minimum Gasteiger partial charge on any atom is -0.287 e. The maximum absolute atomic E-state index is 12.9. The molecule has 4 rings (SSSR count). The average molecular weight is 399 g/mol. The molecule has 1 amide bonds.